The third-order valence-electron chi connectivity index (χ3n) is 5.65. The molecule has 2 N–H and O–H groups in total. The minimum absolute atomic E-state index is 0. The summed E-state index contributed by atoms with van der Waals surface area (Å²) >= 11 is 1.87. The first kappa shape index (κ1) is 25.1. The molecule has 1 aliphatic rings. The number of rotatable bonds is 7. The van der Waals surface area contributed by atoms with Crippen molar-refractivity contribution in [2.45, 2.75) is 32.0 Å². The Morgan fingerprint density at radius 2 is 1.93 bits per heavy atom. The van der Waals surface area contributed by atoms with E-state index in [1.165, 1.54) is 35.4 Å². The Balaban J connectivity index is 0.00000320. The third kappa shape index (κ3) is 6.93. The van der Waals surface area contributed by atoms with Crippen LogP contribution in [0.25, 0.3) is 0 Å². The van der Waals surface area contributed by atoms with Crippen LogP contribution >= 0.6 is 35.3 Å². The van der Waals surface area contributed by atoms with Gasteiger partial charge >= 0.3 is 0 Å². The molecule has 1 fully saturated rings. The minimum atomic E-state index is 0. The van der Waals surface area contributed by atoms with Gasteiger partial charge in [0.25, 0.3) is 0 Å². The van der Waals surface area contributed by atoms with Gasteiger partial charge in [0.1, 0.15) is 0 Å². The van der Waals surface area contributed by atoms with Crippen LogP contribution in [-0.2, 0) is 13.1 Å². The molecule has 2 unspecified atom stereocenters. The molecule has 1 saturated heterocycles. The van der Waals surface area contributed by atoms with Crippen molar-refractivity contribution in [2.75, 3.05) is 41.3 Å². The monoisotopic (exact) mass is 541 g/mol. The van der Waals surface area contributed by atoms with E-state index in [0.29, 0.717) is 12.0 Å². The number of piperidine rings is 1. The molecule has 1 aromatic carbocycles. The maximum atomic E-state index is 4.46. The molecular formula is C23H36IN5S. The van der Waals surface area contributed by atoms with Gasteiger partial charge in [-0.3, -0.25) is 9.89 Å². The summed E-state index contributed by atoms with van der Waals surface area (Å²) in [5.74, 6) is 1.47. The third-order valence-corrected chi connectivity index (χ3v) is 6.59. The standard InChI is InChI=1S/C23H35N5S.HI/c1-24-23(25-15-18-9-5-6-10-20(18)17-27(2)3)26-16-19-11-7-13-28(4)22(19)21-12-8-14-29-21;/h5-6,8-10,12,14,19,22H,7,11,13,15-17H2,1-4H3,(H2,24,25,26);1H. The molecule has 30 heavy (non-hydrogen) atoms. The first-order valence-corrected chi connectivity index (χ1v) is 11.4. The summed E-state index contributed by atoms with van der Waals surface area (Å²) in [5.41, 5.74) is 2.67. The summed E-state index contributed by atoms with van der Waals surface area (Å²) in [6.07, 6.45) is 2.51. The highest BCUT2D eigenvalue weighted by Gasteiger charge is 2.31. The van der Waals surface area contributed by atoms with Gasteiger partial charge in [-0.05, 0) is 69.0 Å². The Morgan fingerprint density at radius 3 is 2.60 bits per heavy atom. The van der Waals surface area contributed by atoms with Gasteiger partial charge < -0.3 is 15.5 Å². The lowest BCUT2D eigenvalue weighted by atomic mass is 9.88. The number of hydrogen-bond acceptors (Lipinski definition) is 4. The second kappa shape index (κ2) is 12.6. The molecule has 2 atom stereocenters. The zero-order chi connectivity index (χ0) is 20.6. The lowest BCUT2D eigenvalue weighted by Gasteiger charge is -2.39. The van der Waals surface area contributed by atoms with Gasteiger partial charge in [0.05, 0.1) is 0 Å². The molecule has 0 bridgehead atoms. The van der Waals surface area contributed by atoms with Crippen molar-refractivity contribution in [1.82, 2.24) is 20.4 Å². The van der Waals surface area contributed by atoms with Crippen molar-refractivity contribution < 1.29 is 0 Å². The van der Waals surface area contributed by atoms with Crippen molar-refractivity contribution in [2.24, 2.45) is 10.9 Å². The largest absolute Gasteiger partial charge is 0.356 e. The highest BCUT2D eigenvalue weighted by Crippen LogP contribution is 2.36. The number of nitrogens with zero attached hydrogens (tertiary/aromatic N) is 3. The number of likely N-dealkylation sites (tertiary alicyclic amines) is 1. The summed E-state index contributed by atoms with van der Waals surface area (Å²) in [5, 5.41) is 9.29. The van der Waals surface area contributed by atoms with Gasteiger partial charge in [0, 0.05) is 37.6 Å². The van der Waals surface area contributed by atoms with E-state index in [2.05, 4.69) is 88.3 Å². The number of nitrogens with one attached hydrogen (secondary N) is 2. The molecule has 3 rings (SSSR count). The maximum Gasteiger partial charge on any atom is 0.191 e. The quantitative estimate of drug-likeness (QED) is 0.314. The van der Waals surface area contributed by atoms with Gasteiger partial charge in [-0.1, -0.05) is 30.3 Å². The van der Waals surface area contributed by atoms with Crippen LogP contribution in [0.5, 0.6) is 0 Å². The molecular weight excluding hydrogens is 505 g/mol. The van der Waals surface area contributed by atoms with E-state index in [0.717, 1.165) is 25.6 Å². The van der Waals surface area contributed by atoms with E-state index in [-0.39, 0.29) is 24.0 Å². The second-order valence-corrected chi connectivity index (χ2v) is 9.14. The molecule has 0 aliphatic carbocycles. The molecule has 0 amide bonds. The molecule has 1 aliphatic heterocycles. The molecule has 2 heterocycles. The molecule has 0 spiro atoms. The maximum absolute atomic E-state index is 4.46. The van der Waals surface area contributed by atoms with Crippen LogP contribution in [-0.4, -0.2) is 57.0 Å². The van der Waals surface area contributed by atoms with Crippen molar-refractivity contribution in [3.05, 3.63) is 57.8 Å². The number of halogens is 1. The molecule has 166 valence electrons. The molecule has 2 aromatic rings. The van der Waals surface area contributed by atoms with Crippen LogP contribution < -0.4 is 10.6 Å². The number of hydrogen-bond donors (Lipinski definition) is 2. The SMILES string of the molecule is CN=C(NCc1ccccc1CN(C)C)NCC1CCCN(C)C1c1cccs1.I. The fourth-order valence-corrected chi connectivity index (χ4v) is 5.22. The number of aliphatic imine (C=N–C) groups is 1. The first-order chi connectivity index (χ1) is 14.1. The summed E-state index contributed by atoms with van der Waals surface area (Å²) in [4.78, 5) is 10.6. The van der Waals surface area contributed by atoms with Crippen LogP contribution in [0.4, 0.5) is 0 Å². The fourth-order valence-electron chi connectivity index (χ4n) is 4.23. The van der Waals surface area contributed by atoms with E-state index in [4.69, 9.17) is 0 Å². The van der Waals surface area contributed by atoms with Crippen LogP contribution in [0.3, 0.4) is 0 Å². The van der Waals surface area contributed by atoms with E-state index in [9.17, 15) is 0 Å². The Bertz CT molecular complexity index is 778. The predicted molar refractivity (Wildman–Crippen MR) is 140 cm³/mol. The highest BCUT2D eigenvalue weighted by molar-refractivity contribution is 14.0. The van der Waals surface area contributed by atoms with E-state index >= 15 is 0 Å². The topological polar surface area (TPSA) is 42.9 Å². The molecule has 5 nitrogen and oxygen atoms in total. The molecule has 1 aromatic heterocycles. The second-order valence-electron chi connectivity index (χ2n) is 8.16. The summed E-state index contributed by atoms with van der Waals surface area (Å²) in [6.45, 7) is 3.84. The van der Waals surface area contributed by atoms with E-state index in [1.54, 1.807) is 0 Å². The Kier molecular flexibility index (Phi) is 10.6. The van der Waals surface area contributed by atoms with Crippen LogP contribution in [0.2, 0.25) is 0 Å². The van der Waals surface area contributed by atoms with Gasteiger partial charge in [-0.15, -0.1) is 35.3 Å². The smallest absolute Gasteiger partial charge is 0.191 e. The lowest BCUT2D eigenvalue weighted by Crippen LogP contribution is -2.44. The fraction of sp³-hybridized carbons (Fsp3) is 0.522. The normalized spacial score (nSPS) is 20.1. The van der Waals surface area contributed by atoms with E-state index < -0.39 is 0 Å². The number of benzene rings is 1. The summed E-state index contributed by atoms with van der Waals surface area (Å²) < 4.78 is 0. The van der Waals surface area contributed by atoms with E-state index in [1.807, 2.05) is 18.4 Å². The lowest BCUT2D eigenvalue weighted by molar-refractivity contribution is 0.125. The Hall–Kier alpha value is -1.16. The van der Waals surface area contributed by atoms with Crippen LogP contribution in [0.1, 0.15) is 34.9 Å². The average molecular weight is 542 g/mol. The summed E-state index contributed by atoms with van der Waals surface area (Å²) in [7, 11) is 8.32. The minimum Gasteiger partial charge on any atom is -0.356 e. The zero-order valence-corrected chi connectivity index (χ0v) is 21.7. The van der Waals surface area contributed by atoms with Crippen LogP contribution in [0.15, 0.2) is 46.8 Å². The first-order valence-electron chi connectivity index (χ1n) is 10.5. The number of thiophene rings is 1. The Morgan fingerprint density at radius 1 is 1.17 bits per heavy atom. The van der Waals surface area contributed by atoms with Gasteiger partial charge in [0.2, 0.25) is 0 Å². The molecule has 0 saturated carbocycles. The molecule has 7 heteroatoms. The van der Waals surface area contributed by atoms with Crippen LogP contribution in [0, 0.1) is 5.92 Å². The van der Waals surface area contributed by atoms with Gasteiger partial charge in [-0.2, -0.15) is 0 Å². The molecule has 0 radical (unpaired) electrons. The van der Waals surface area contributed by atoms with Gasteiger partial charge in [-0.25, -0.2) is 0 Å². The average Bonchev–Trinajstić information content (AvgIpc) is 3.23. The zero-order valence-electron chi connectivity index (χ0n) is 18.6. The van der Waals surface area contributed by atoms with Gasteiger partial charge in [0.15, 0.2) is 5.96 Å². The van der Waals surface area contributed by atoms with Crippen molar-refractivity contribution >= 4 is 41.3 Å². The predicted octanol–water partition coefficient (Wildman–Crippen LogP) is 4.18. The van der Waals surface area contributed by atoms with Crippen molar-refractivity contribution in [3.8, 4) is 0 Å². The number of guanidine groups is 1. The van der Waals surface area contributed by atoms with Crippen molar-refractivity contribution in [3.63, 3.8) is 0 Å². The van der Waals surface area contributed by atoms with Crippen molar-refractivity contribution in [1.29, 1.82) is 0 Å². The highest BCUT2D eigenvalue weighted by atomic mass is 127. The Labute approximate surface area is 203 Å². The summed E-state index contributed by atoms with van der Waals surface area (Å²) in [6, 6.07) is 13.6.